The number of aliphatic hydroxyl groups excluding tert-OH is 1. The Labute approximate surface area is 171 Å². The first-order valence-electron chi connectivity index (χ1n) is 10.2. The number of aryl methyl sites for hydroxylation is 1. The quantitative estimate of drug-likeness (QED) is 0.649. The number of nitrogens with zero attached hydrogens (tertiary/aromatic N) is 2. The molecule has 1 aliphatic rings. The molecule has 0 aliphatic carbocycles. The van der Waals surface area contributed by atoms with Crippen LogP contribution in [0.4, 0.5) is 0 Å². The first-order chi connectivity index (χ1) is 14.2. The lowest BCUT2D eigenvalue weighted by atomic mass is 10.0. The number of aromatic nitrogens is 2. The van der Waals surface area contributed by atoms with Crippen LogP contribution in [-0.4, -0.2) is 28.1 Å². The Hall–Kier alpha value is -2.63. The average Bonchev–Trinajstić information content (AvgIpc) is 3.22. The van der Waals surface area contributed by atoms with E-state index in [9.17, 15) is 5.11 Å². The highest BCUT2D eigenvalue weighted by Gasteiger charge is 2.16. The lowest BCUT2D eigenvalue weighted by Gasteiger charge is -2.21. The molecule has 0 atom stereocenters. The van der Waals surface area contributed by atoms with Crippen LogP contribution in [-0.2, 0) is 24.5 Å². The zero-order chi connectivity index (χ0) is 20.1. The van der Waals surface area contributed by atoms with Crippen LogP contribution in [0, 0.1) is 12.8 Å². The minimum atomic E-state index is -0.0605. The molecule has 1 N–H and O–H groups in total. The zero-order valence-corrected chi connectivity index (χ0v) is 16.9. The molecular weight excluding hydrogens is 364 g/mol. The van der Waals surface area contributed by atoms with E-state index in [0.717, 1.165) is 66.2 Å². The Kier molecular flexibility index (Phi) is 6.27. The fraction of sp³-hybridized carbons (Fsp3) is 0.375. The fourth-order valence-electron chi connectivity index (χ4n) is 3.87. The average molecular weight is 392 g/mol. The van der Waals surface area contributed by atoms with Gasteiger partial charge in [-0.05, 0) is 54.5 Å². The first-order valence-corrected chi connectivity index (χ1v) is 10.2. The Bertz CT molecular complexity index is 931. The second-order valence-electron chi connectivity index (χ2n) is 7.72. The van der Waals surface area contributed by atoms with Crippen molar-refractivity contribution < 1.29 is 14.6 Å². The van der Waals surface area contributed by atoms with Gasteiger partial charge in [0.25, 0.3) is 0 Å². The van der Waals surface area contributed by atoms with Gasteiger partial charge in [0, 0.05) is 37.1 Å². The summed E-state index contributed by atoms with van der Waals surface area (Å²) in [5.41, 5.74) is 5.03. The maximum atomic E-state index is 9.92. The van der Waals surface area contributed by atoms with E-state index in [1.54, 1.807) is 0 Å². The first kappa shape index (κ1) is 19.7. The molecule has 1 aliphatic heterocycles. The Morgan fingerprint density at radius 1 is 1.14 bits per heavy atom. The minimum Gasteiger partial charge on any atom is -0.488 e. The molecule has 1 fully saturated rings. The highest BCUT2D eigenvalue weighted by molar-refractivity contribution is 5.66. The third kappa shape index (κ3) is 4.86. The van der Waals surface area contributed by atoms with Crippen molar-refractivity contribution in [2.75, 3.05) is 13.2 Å². The van der Waals surface area contributed by atoms with Gasteiger partial charge in [0.1, 0.15) is 12.4 Å². The zero-order valence-electron chi connectivity index (χ0n) is 16.9. The van der Waals surface area contributed by atoms with Crippen LogP contribution in [0.15, 0.2) is 54.9 Å². The summed E-state index contributed by atoms with van der Waals surface area (Å²) >= 11 is 0. The predicted octanol–water partition coefficient (Wildman–Crippen LogP) is 4.36. The van der Waals surface area contributed by atoms with Crippen LogP contribution < -0.4 is 4.74 Å². The molecule has 29 heavy (non-hydrogen) atoms. The van der Waals surface area contributed by atoms with E-state index in [4.69, 9.17) is 9.47 Å². The summed E-state index contributed by atoms with van der Waals surface area (Å²) in [4.78, 5) is 0. The molecule has 2 heterocycles. The highest BCUT2D eigenvalue weighted by Crippen LogP contribution is 2.31. The van der Waals surface area contributed by atoms with Gasteiger partial charge in [0.15, 0.2) is 0 Å². The normalized spacial score (nSPS) is 14.8. The summed E-state index contributed by atoms with van der Waals surface area (Å²) in [7, 11) is 0. The number of aliphatic hydroxyl groups is 1. The van der Waals surface area contributed by atoms with E-state index in [-0.39, 0.29) is 6.61 Å². The van der Waals surface area contributed by atoms with Crippen LogP contribution in [0.2, 0.25) is 0 Å². The molecule has 1 saturated heterocycles. The van der Waals surface area contributed by atoms with Gasteiger partial charge in [-0.1, -0.05) is 30.3 Å². The van der Waals surface area contributed by atoms with Crippen molar-refractivity contribution in [1.82, 2.24) is 9.78 Å². The third-order valence-electron chi connectivity index (χ3n) is 5.50. The monoisotopic (exact) mass is 392 g/mol. The van der Waals surface area contributed by atoms with Crippen molar-refractivity contribution in [2.24, 2.45) is 5.92 Å². The topological polar surface area (TPSA) is 56.5 Å². The fourth-order valence-corrected chi connectivity index (χ4v) is 3.87. The number of hydrogen-bond donors (Lipinski definition) is 1. The molecule has 5 nitrogen and oxygen atoms in total. The molecule has 0 spiro atoms. The molecule has 0 amide bonds. The van der Waals surface area contributed by atoms with Crippen molar-refractivity contribution in [1.29, 1.82) is 0 Å². The van der Waals surface area contributed by atoms with Gasteiger partial charge in [0.2, 0.25) is 0 Å². The van der Waals surface area contributed by atoms with Crippen molar-refractivity contribution in [2.45, 2.75) is 39.5 Å². The smallest absolute Gasteiger partial charge is 0.128 e. The van der Waals surface area contributed by atoms with E-state index in [0.29, 0.717) is 12.5 Å². The van der Waals surface area contributed by atoms with E-state index >= 15 is 0 Å². The van der Waals surface area contributed by atoms with E-state index < -0.39 is 0 Å². The standard InChI is InChI=1S/C24H28N2O3/c1-18-11-21(23-13-25-26(15-23)14-19-7-9-28-10-8-19)12-22(16-27)24(18)29-17-20-5-3-2-4-6-20/h2-6,11-13,15,19,27H,7-10,14,16-17H2,1H3. The van der Waals surface area contributed by atoms with E-state index in [1.165, 1.54) is 0 Å². The van der Waals surface area contributed by atoms with Gasteiger partial charge in [-0.15, -0.1) is 0 Å². The molecule has 0 radical (unpaired) electrons. The number of benzene rings is 2. The SMILES string of the molecule is Cc1cc(-c2cnn(CC3CCOCC3)c2)cc(CO)c1OCc1ccccc1. The van der Waals surface area contributed by atoms with Crippen LogP contribution in [0.25, 0.3) is 11.1 Å². The van der Waals surface area contributed by atoms with Gasteiger partial charge >= 0.3 is 0 Å². The predicted molar refractivity (Wildman–Crippen MR) is 113 cm³/mol. The van der Waals surface area contributed by atoms with Crippen molar-refractivity contribution >= 4 is 0 Å². The van der Waals surface area contributed by atoms with E-state index in [2.05, 4.69) is 17.4 Å². The number of rotatable bonds is 7. The Balaban J connectivity index is 1.50. The highest BCUT2D eigenvalue weighted by atomic mass is 16.5. The molecule has 5 heteroatoms. The van der Waals surface area contributed by atoms with Crippen LogP contribution >= 0.6 is 0 Å². The summed E-state index contributed by atoms with van der Waals surface area (Å²) in [6.45, 7) is 5.07. The summed E-state index contributed by atoms with van der Waals surface area (Å²) in [6, 6.07) is 14.2. The van der Waals surface area contributed by atoms with Gasteiger partial charge < -0.3 is 14.6 Å². The lowest BCUT2D eigenvalue weighted by Crippen LogP contribution is -2.20. The summed E-state index contributed by atoms with van der Waals surface area (Å²) < 4.78 is 13.5. The number of ether oxygens (including phenoxy) is 2. The maximum Gasteiger partial charge on any atom is 0.128 e. The van der Waals surface area contributed by atoms with Gasteiger partial charge in [-0.3, -0.25) is 4.68 Å². The molecule has 0 unspecified atom stereocenters. The maximum absolute atomic E-state index is 9.92. The summed E-state index contributed by atoms with van der Waals surface area (Å²) in [5, 5.41) is 14.5. The molecule has 1 aromatic heterocycles. The second kappa shape index (κ2) is 9.25. The van der Waals surface area contributed by atoms with Crippen LogP contribution in [0.5, 0.6) is 5.75 Å². The van der Waals surface area contributed by atoms with E-state index in [1.807, 2.05) is 54.2 Å². The molecule has 2 aromatic carbocycles. The molecule has 4 rings (SSSR count). The number of hydrogen-bond acceptors (Lipinski definition) is 4. The molecule has 3 aromatic rings. The lowest BCUT2D eigenvalue weighted by molar-refractivity contribution is 0.0601. The largest absolute Gasteiger partial charge is 0.488 e. The van der Waals surface area contributed by atoms with Gasteiger partial charge in [-0.2, -0.15) is 5.10 Å². The van der Waals surface area contributed by atoms with Gasteiger partial charge in [0.05, 0.1) is 12.8 Å². The summed E-state index contributed by atoms with van der Waals surface area (Å²) in [6.07, 6.45) is 6.18. The van der Waals surface area contributed by atoms with Crippen molar-refractivity contribution in [3.63, 3.8) is 0 Å². The van der Waals surface area contributed by atoms with Gasteiger partial charge in [-0.25, -0.2) is 0 Å². The third-order valence-corrected chi connectivity index (χ3v) is 5.50. The van der Waals surface area contributed by atoms with Crippen molar-refractivity contribution in [3.8, 4) is 16.9 Å². The molecular formula is C24H28N2O3. The molecule has 0 saturated carbocycles. The molecule has 0 bridgehead atoms. The van der Waals surface area contributed by atoms with Crippen molar-refractivity contribution in [3.05, 3.63) is 71.5 Å². The van der Waals surface area contributed by atoms with Crippen LogP contribution in [0.1, 0.15) is 29.5 Å². The summed E-state index contributed by atoms with van der Waals surface area (Å²) in [5.74, 6) is 1.38. The second-order valence-corrected chi connectivity index (χ2v) is 7.72. The minimum absolute atomic E-state index is 0.0605. The van der Waals surface area contributed by atoms with Crippen LogP contribution in [0.3, 0.4) is 0 Å². The Morgan fingerprint density at radius 3 is 2.69 bits per heavy atom. The molecule has 152 valence electrons. The Morgan fingerprint density at radius 2 is 1.93 bits per heavy atom.